The van der Waals surface area contributed by atoms with Crippen molar-refractivity contribution in [2.75, 3.05) is 13.1 Å². The third-order valence-corrected chi connectivity index (χ3v) is 4.09. The van der Waals surface area contributed by atoms with Crippen molar-refractivity contribution < 1.29 is 14.1 Å². The molecule has 6 nitrogen and oxygen atoms in total. The minimum absolute atomic E-state index is 0.0184. The van der Waals surface area contributed by atoms with Crippen LogP contribution in [0.5, 0.6) is 0 Å². The molecule has 2 aromatic rings. The first-order valence-electron chi connectivity index (χ1n) is 8.00. The Kier molecular flexibility index (Phi) is 6.12. The summed E-state index contributed by atoms with van der Waals surface area (Å²) in [6, 6.07) is 7.70. The van der Waals surface area contributed by atoms with Crippen molar-refractivity contribution in [2.24, 2.45) is 0 Å². The minimum atomic E-state index is -0.229. The zero-order valence-electron chi connectivity index (χ0n) is 14.5. The second-order valence-corrected chi connectivity index (χ2v) is 7.59. The molecule has 1 aromatic carbocycles. The van der Waals surface area contributed by atoms with E-state index >= 15 is 0 Å². The summed E-state index contributed by atoms with van der Waals surface area (Å²) in [6.45, 7) is 9.64. The molecule has 2 rings (SSSR count). The number of hydrogen-bond donors (Lipinski definition) is 2. The number of benzene rings is 1. The molecular weight excluding hydrogens is 372 g/mol. The van der Waals surface area contributed by atoms with Gasteiger partial charge in [0.05, 0.1) is 12.1 Å². The summed E-state index contributed by atoms with van der Waals surface area (Å²) in [4.78, 5) is 13.2. The van der Waals surface area contributed by atoms with Crippen LogP contribution in [0.2, 0.25) is 0 Å². The van der Waals surface area contributed by atoms with Gasteiger partial charge in [0.15, 0.2) is 13.1 Å². The Labute approximate surface area is 150 Å². The van der Waals surface area contributed by atoms with Gasteiger partial charge in [0.1, 0.15) is 0 Å². The molecule has 1 heterocycles. The van der Waals surface area contributed by atoms with Crippen LogP contribution >= 0.6 is 15.9 Å². The Morgan fingerprint density at radius 3 is 2.62 bits per heavy atom. The monoisotopic (exact) mass is 395 g/mol. The van der Waals surface area contributed by atoms with Gasteiger partial charge in [0.2, 0.25) is 5.89 Å². The molecule has 0 saturated carbocycles. The van der Waals surface area contributed by atoms with Crippen LogP contribution in [0.4, 0.5) is 0 Å². The van der Waals surface area contributed by atoms with E-state index in [1.807, 2.05) is 52.0 Å². The highest BCUT2D eigenvalue weighted by atomic mass is 79.9. The summed E-state index contributed by atoms with van der Waals surface area (Å²) in [5.74, 6) is 1.03. The third kappa shape index (κ3) is 5.42. The number of carbonyl (C=O) groups excluding carboxylic acids is 1. The van der Waals surface area contributed by atoms with E-state index in [0.717, 1.165) is 21.5 Å². The Hall–Kier alpha value is -1.73. The van der Waals surface area contributed by atoms with Gasteiger partial charge in [-0.1, -0.05) is 12.1 Å². The van der Waals surface area contributed by atoms with Crippen LogP contribution in [-0.2, 0) is 11.3 Å². The predicted octanol–water partition coefficient (Wildman–Crippen LogP) is 1.82. The van der Waals surface area contributed by atoms with E-state index < -0.39 is 0 Å². The van der Waals surface area contributed by atoms with Crippen molar-refractivity contribution in [3.8, 4) is 11.5 Å². The van der Waals surface area contributed by atoms with Gasteiger partial charge in [0.25, 0.3) is 11.8 Å². The maximum atomic E-state index is 12.1. The molecular formula is C17H24BrN4O2+. The Bertz CT molecular complexity index is 694. The maximum Gasteiger partial charge on any atom is 0.275 e. The summed E-state index contributed by atoms with van der Waals surface area (Å²) in [5.41, 5.74) is 0.632. The van der Waals surface area contributed by atoms with Crippen molar-refractivity contribution in [3.63, 3.8) is 0 Å². The lowest BCUT2D eigenvalue weighted by molar-refractivity contribution is -0.905. The number of likely N-dealkylation sites (N-methyl/N-ethyl adjacent to an activating group) is 1. The lowest BCUT2D eigenvalue weighted by Gasteiger charge is -2.22. The highest BCUT2D eigenvalue weighted by molar-refractivity contribution is 9.10. The zero-order valence-corrected chi connectivity index (χ0v) is 16.1. The summed E-state index contributed by atoms with van der Waals surface area (Å²) in [6.07, 6.45) is 0. The number of nitrogens with one attached hydrogen (secondary N) is 2. The first kappa shape index (κ1) is 18.6. The van der Waals surface area contributed by atoms with Crippen LogP contribution < -0.4 is 10.2 Å². The molecule has 0 fully saturated rings. The van der Waals surface area contributed by atoms with E-state index in [1.54, 1.807) is 0 Å². The number of quaternary nitrogens is 1. The molecule has 1 unspecified atom stereocenters. The predicted molar refractivity (Wildman–Crippen MR) is 95.4 cm³/mol. The van der Waals surface area contributed by atoms with Crippen LogP contribution in [0.25, 0.3) is 11.5 Å². The van der Waals surface area contributed by atoms with Crippen LogP contribution in [0.15, 0.2) is 33.2 Å². The van der Waals surface area contributed by atoms with Crippen LogP contribution in [-0.4, -0.2) is 34.7 Å². The lowest BCUT2D eigenvalue weighted by Crippen LogP contribution is -3.11. The number of halogens is 1. The Morgan fingerprint density at radius 1 is 1.29 bits per heavy atom. The highest BCUT2D eigenvalue weighted by Gasteiger charge is 2.21. The van der Waals surface area contributed by atoms with Gasteiger partial charge in [0, 0.05) is 10.0 Å². The molecule has 1 atom stereocenters. The smallest absolute Gasteiger partial charge is 0.275 e. The van der Waals surface area contributed by atoms with Gasteiger partial charge in [-0.2, -0.15) is 0 Å². The number of hydrogen-bond acceptors (Lipinski definition) is 4. The molecule has 0 bridgehead atoms. The van der Waals surface area contributed by atoms with E-state index in [4.69, 9.17) is 4.42 Å². The van der Waals surface area contributed by atoms with E-state index in [0.29, 0.717) is 24.9 Å². The summed E-state index contributed by atoms with van der Waals surface area (Å²) in [5, 5.41) is 11.2. The second kappa shape index (κ2) is 7.90. The molecule has 0 radical (unpaired) electrons. The van der Waals surface area contributed by atoms with E-state index in [1.165, 1.54) is 0 Å². The molecule has 24 heavy (non-hydrogen) atoms. The maximum absolute atomic E-state index is 12.1. The van der Waals surface area contributed by atoms with Gasteiger partial charge in [-0.15, -0.1) is 10.2 Å². The fraction of sp³-hybridized carbons (Fsp3) is 0.471. The Morgan fingerprint density at radius 2 is 2.00 bits per heavy atom. The third-order valence-electron chi connectivity index (χ3n) is 3.40. The van der Waals surface area contributed by atoms with Gasteiger partial charge >= 0.3 is 0 Å². The first-order chi connectivity index (χ1) is 11.3. The van der Waals surface area contributed by atoms with Crippen LogP contribution in [0.1, 0.15) is 33.6 Å². The molecule has 0 aliphatic carbocycles. The number of carbonyl (C=O) groups is 1. The van der Waals surface area contributed by atoms with Gasteiger partial charge in [-0.05, 0) is 55.8 Å². The van der Waals surface area contributed by atoms with Gasteiger partial charge < -0.3 is 14.6 Å². The van der Waals surface area contributed by atoms with Crippen molar-refractivity contribution >= 4 is 21.8 Å². The molecule has 130 valence electrons. The molecule has 0 saturated heterocycles. The van der Waals surface area contributed by atoms with Crippen molar-refractivity contribution in [1.82, 2.24) is 15.5 Å². The van der Waals surface area contributed by atoms with E-state index in [-0.39, 0.29) is 11.4 Å². The fourth-order valence-corrected chi connectivity index (χ4v) is 2.74. The summed E-state index contributed by atoms with van der Waals surface area (Å²) in [7, 11) is 0. The topological polar surface area (TPSA) is 72.5 Å². The fourth-order valence-electron chi connectivity index (χ4n) is 2.28. The van der Waals surface area contributed by atoms with Gasteiger partial charge in [-0.25, -0.2) is 0 Å². The SMILES string of the molecule is CC[NH+](CC(=O)NC(C)(C)C)Cc1nnc(-c2ccccc2Br)o1. The summed E-state index contributed by atoms with van der Waals surface area (Å²) < 4.78 is 6.67. The van der Waals surface area contributed by atoms with Crippen molar-refractivity contribution in [1.29, 1.82) is 0 Å². The average molecular weight is 396 g/mol. The van der Waals surface area contributed by atoms with Crippen molar-refractivity contribution in [3.05, 3.63) is 34.6 Å². The number of amides is 1. The normalized spacial score (nSPS) is 12.9. The first-order valence-corrected chi connectivity index (χ1v) is 8.79. The average Bonchev–Trinajstić information content (AvgIpc) is 2.93. The number of nitrogens with zero attached hydrogens (tertiary/aromatic N) is 2. The van der Waals surface area contributed by atoms with Crippen molar-refractivity contribution in [2.45, 2.75) is 39.8 Å². The molecule has 2 N–H and O–H groups in total. The number of rotatable bonds is 6. The van der Waals surface area contributed by atoms with Crippen LogP contribution in [0.3, 0.4) is 0 Å². The molecule has 7 heteroatoms. The standard InChI is InChI=1S/C17H23BrN4O2/c1-5-22(10-14(23)19-17(2,3)4)11-15-20-21-16(24-15)12-8-6-7-9-13(12)18/h6-9H,5,10-11H2,1-4H3,(H,19,23)/p+1. The molecule has 1 amide bonds. The molecule has 0 aliphatic rings. The molecule has 0 spiro atoms. The molecule has 1 aromatic heterocycles. The van der Waals surface area contributed by atoms with Crippen LogP contribution in [0, 0.1) is 0 Å². The quantitative estimate of drug-likeness (QED) is 0.782. The van der Waals surface area contributed by atoms with E-state index in [2.05, 4.69) is 31.4 Å². The second-order valence-electron chi connectivity index (χ2n) is 6.74. The lowest BCUT2D eigenvalue weighted by atomic mass is 10.1. The van der Waals surface area contributed by atoms with E-state index in [9.17, 15) is 4.79 Å². The number of aromatic nitrogens is 2. The largest absolute Gasteiger partial charge is 0.415 e. The molecule has 0 aliphatic heterocycles. The van der Waals surface area contributed by atoms with Gasteiger partial charge in [-0.3, -0.25) is 4.79 Å². The summed E-state index contributed by atoms with van der Waals surface area (Å²) >= 11 is 3.48. The Balaban J connectivity index is 2.02. The zero-order chi connectivity index (χ0) is 17.7. The highest BCUT2D eigenvalue weighted by Crippen LogP contribution is 2.26. The minimum Gasteiger partial charge on any atom is -0.415 e.